The number of halogens is 2. The summed E-state index contributed by atoms with van der Waals surface area (Å²) < 4.78 is 2.01. The highest BCUT2D eigenvalue weighted by molar-refractivity contribution is 6.31. The molecule has 5 heteroatoms. The molecule has 3 nitrogen and oxygen atoms in total. The third-order valence-corrected chi connectivity index (χ3v) is 4.17. The molecular weight excluding hydrogens is 321 g/mol. The van der Waals surface area contributed by atoms with Crippen molar-refractivity contribution in [3.8, 4) is 0 Å². The number of hydrogen-bond acceptors (Lipinski definition) is 1. The lowest BCUT2D eigenvalue weighted by Gasteiger charge is -2.07. The van der Waals surface area contributed by atoms with E-state index in [1.165, 1.54) is 0 Å². The van der Waals surface area contributed by atoms with Crippen molar-refractivity contribution >= 4 is 40.1 Å². The van der Waals surface area contributed by atoms with Crippen LogP contribution in [0.3, 0.4) is 0 Å². The molecule has 0 saturated heterocycles. The highest BCUT2D eigenvalue weighted by Gasteiger charge is 2.13. The Hall–Kier alpha value is -1.97. The molecule has 0 unspecified atom stereocenters. The summed E-state index contributed by atoms with van der Waals surface area (Å²) >= 11 is 12.3. The summed E-state index contributed by atoms with van der Waals surface area (Å²) in [7, 11) is 0. The fourth-order valence-electron chi connectivity index (χ4n) is 2.59. The van der Waals surface area contributed by atoms with Gasteiger partial charge in [0.2, 0.25) is 0 Å². The van der Waals surface area contributed by atoms with Gasteiger partial charge in [-0.15, -0.1) is 0 Å². The van der Waals surface area contributed by atoms with Crippen molar-refractivity contribution in [2.75, 3.05) is 0 Å². The molecule has 112 valence electrons. The van der Waals surface area contributed by atoms with E-state index in [-0.39, 0.29) is 6.42 Å². The van der Waals surface area contributed by atoms with Gasteiger partial charge in [-0.25, -0.2) is 0 Å². The zero-order valence-electron chi connectivity index (χ0n) is 11.6. The van der Waals surface area contributed by atoms with Crippen LogP contribution in [-0.4, -0.2) is 15.6 Å². The molecule has 0 aliphatic carbocycles. The first-order valence-corrected chi connectivity index (χ1v) is 7.52. The van der Waals surface area contributed by atoms with Crippen LogP contribution in [0.2, 0.25) is 10.0 Å². The van der Waals surface area contributed by atoms with Crippen LogP contribution < -0.4 is 0 Å². The van der Waals surface area contributed by atoms with E-state index in [9.17, 15) is 4.79 Å². The molecule has 3 aromatic rings. The summed E-state index contributed by atoms with van der Waals surface area (Å²) in [4.78, 5) is 11.1. The molecule has 0 fully saturated rings. The smallest absolute Gasteiger partial charge is 0.307 e. The number of fused-ring (bicyclic) bond motifs is 1. The molecule has 0 aliphatic heterocycles. The Balaban J connectivity index is 2.10. The van der Waals surface area contributed by atoms with Gasteiger partial charge in [-0.3, -0.25) is 4.79 Å². The first-order chi connectivity index (χ1) is 10.5. The molecule has 0 radical (unpaired) electrons. The minimum absolute atomic E-state index is 0.0354. The Bertz CT molecular complexity index is 855. The van der Waals surface area contributed by atoms with Crippen molar-refractivity contribution < 1.29 is 9.90 Å². The summed E-state index contributed by atoms with van der Waals surface area (Å²) in [5.41, 5.74) is 2.68. The van der Waals surface area contributed by atoms with Crippen molar-refractivity contribution in [3.05, 3.63) is 69.8 Å². The number of nitrogens with zero attached hydrogens (tertiary/aromatic N) is 1. The number of carbonyl (C=O) groups is 1. The summed E-state index contributed by atoms with van der Waals surface area (Å²) in [5, 5.41) is 11.2. The number of benzene rings is 2. The molecule has 1 heterocycles. The van der Waals surface area contributed by atoms with E-state index in [4.69, 9.17) is 28.3 Å². The molecule has 1 aromatic heterocycles. The molecule has 0 aliphatic rings. The number of carboxylic acids is 1. The van der Waals surface area contributed by atoms with E-state index < -0.39 is 5.97 Å². The predicted molar refractivity (Wildman–Crippen MR) is 88.8 cm³/mol. The second kappa shape index (κ2) is 6.03. The van der Waals surface area contributed by atoms with Gasteiger partial charge in [0.1, 0.15) is 0 Å². The Morgan fingerprint density at radius 3 is 2.59 bits per heavy atom. The Morgan fingerprint density at radius 2 is 1.86 bits per heavy atom. The molecule has 2 aromatic carbocycles. The van der Waals surface area contributed by atoms with Crippen molar-refractivity contribution in [1.82, 2.24) is 4.57 Å². The first kappa shape index (κ1) is 14.9. The average molecular weight is 334 g/mol. The minimum atomic E-state index is -0.864. The molecule has 0 saturated carbocycles. The number of aromatic nitrogens is 1. The summed E-state index contributed by atoms with van der Waals surface area (Å²) in [6.45, 7) is 0.581. The largest absolute Gasteiger partial charge is 0.481 e. The van der Waals surface area contributed by atoms with Crippen LogP contribution in [0.25, 0.3) is 10.9 Å². The second-order valence-corrected chi connectivity index (χ2v) is 5.95. The maximum atomic E-state index is 11.1. The van der Waals surface area contributed by atoms with E-state index in [0.717, 1.165) is 22.0 Å². The lowest BCUT2D eigenvalue weighted by atomic mass is 10.1. The van der Waals surface area contributed by atoms with Gasteiger partial charge >= 0.3 is 5.97 Å². The lowest BCUT2D eigenvalue weighted by Crippen LogP contribution is -2.00. The maximum absolute atomic E-state index is 11.1. The fourth-order valence-corrected chi connectivity index (χ4v) is 2.96. The summed E-state index contributed by atoms with van der Waals surface area (Å²) in [5.74, 6) is -0.864. The van der Waals surface area contributed by atoms with E-state index in [2.05, 4.69) is 0 Å². The van der Waals surface area contributed by atoms with E-state index >= 15 is 0 Å². The molecule has 1 N–H and O–H groups in total. The predicted octanol–water partition coefficient (Wildman–Crippen LogP) is 4.62. The standard InChI is InChI=1S/C17H13Cl2NO2/c18-13-5-6-16-14(8-13)12(7-17(21)22)10-20(16)9-11-3-1-2-4-15(11)19/h1-6,8,10H,7,9H2,(H,21,22). The normalized spacial score (nSPS) is 11.0. The maximum Gasteiger partial charge on any atom is 0.307 e. The molecule has 0 amide bonds. The first-order valence-electron chi connectivity index (χ1n) is 6.77. The third kappa shape index (κ3) is 2.96. The quantitative estimate of drug-likeness (QED) is 0.756. The Labute approximate surface area is 137 Å². The zero-order valence-corrected chi connectivity index (χ0v) is 13.1. The van der Waals surface area contributed by atoms with Gasteiger partial charge in [-0.2, -0.15) is 0 Å². The Kier molecular flexibility index (Phi) is 4.10. The lowest BCUT2D eigenvalue weighted by molar-refractivity contribution is -0.136. The van der Waals surface area contributed by atoms with Crippen molar-refractivity contribution in [1.29, 1.82) is 0 Å². The van der Waals surface area contributed by atoms with Crippen LogP contribution in [-0.2, 0) is 17.8 Å². The highest BCUT2D eigenvalue weighted by atomic mass is 35.5. The van der Waals surface area contributed by atoms with Crippen molar-refractivity contribution in [2.24, 2.45) is 0 Å². The number of hydrogen-bond donors (Lipinski definition) is 1. The van der Waals surface area contributed by atoms with Gasteiger partial charge in [-0.05, 0) is 35.4 Å². The van der Waals surface area contributed by atoms with Crippen LogP contribution >= 0.6 is 23.2 Å². The van der Waals surface area contributed by atoms with Gasteiger partial charge in [0.05, 0.1) is 6.42 Å². The summed E-state index contributed by atoms with van der Waals surface area (Å²) in [6.07, 6.45) is 1.82. The molecular formula is C17H13Cl2NO2. The van der Waals surface area contributed by atoms with Crippen LogP contribution in [0.1, 0.15) is 11.1 Å². The highest BCUT2D eigenvalue weighted by Crippen LogP contribution is 2.27. The third-order valence-electron chi connectivity index (χ3n) is 3.57. The van der Waals surface area contributed by atoms with E-state index in [0.29, 0.717) is 16.6 Å². The molecule has 22 heavy (non-hydrogen) atoms. The van der Waals surface area contributed by atoms with Crippen LogP contribution in [0.5, 0.6) is 0 Å². The van der Waals surface area contributed by atoms with Crippen LogP contribution in [0.15, 0.2) is 48.7 Å². The van der Waals surface area contributed by atoms with Crippen molar-refractivity contribution in [2.45, 2.75) is 13.0 Å². The number of aliphatic carboxylic acids is 1. The Morgan fingerprint density at radius 1 is 1.09 bits per heavy atom. The fraction of sp³-hybridized carbons (Fsp3) is 0.118. The van der Waals surface area contributed by atoms with Gasteiger partial charge < -0.3 is 9.67 Å². The van der Waals surface area contributed by atoms with Crippen LogP contribution in [0, 0.1) is 0 Å². The van der Waals surface area contributed by atoms with Crippen molar-refractivity contribution in [3.63, 3.8) is 0 Å². The zero-order chi connectivity index (χ0) is 15.7. The van der Waals surface area contributed by atoms with Gasteiger partial charge in [0, 0.05) is 33.7 Å². The van der Waals surface area contributed by atoms with E-state index in [1.54, 1.807) is 12.1 Å². The second-order valence-electron chi connectivity index (χ2n) is 5.11. The summed E-state index contributed by atoms with van der Waals surface area (Å²) in [6, 6.07) is 13.1. The average Bonchev–Trinajstić information content (AvgIpc) is 2.78. The minimum Gasteiger partial charge on any atom is -0.481 e. The monoisotopic (exact) mass is 333 g/mol. The molecule has 3 rings (SSSR count). The van der Waals surface area contributed by atoms with Gasteiger partial charge in [0.25, 0.3) is 0 Å². The molecule has 0 bridgehead atoms. The van der Waals surface area contributed by atoms with Gasteiger partial charge in [-0.1, -0.05) is 41.4 Å². The number of carboxylic acid groups (broad SMARTS) is 1. The van der Waals surface area contributed by atoms with Gasteiger partial charge in [0.15, 0.2) is 0 Å². The SMILES string of the molecule is O=C(O)Cc1cn(Cc2ccccc2Cl)c2ccc(Cl)cc12. The number of rotatable bonds is 4. The molecule has 0 atom stereocenters. The topological polar surface area (TPSA) is 42.2 Å². The van der Waals surface area contributed by atoms with Crippen LogP contribution in [0.4, 0.5) is 0 Å². The molecule has 0 spiro atoms. The van der Waals surface area contributed by atoms with E-state index in [1.807, 2.05) is 41.1 Å².